The molecule has 0 radical (unpaired) electrons. The fourth-order valence-corrected chi connectivity index (χ4v) is 3.90. The maximum atomic E-state index is 13.1. The summed E-state index contributed by atoms with van der Waals surface area (Å²) in [5, 5.41) is 7.46. The van der Waals surface area contributed by atoms with Gasteiger partial charge in [-0.25, -0.2) is 9.50 Å². The standard InChI is InChI=1S/C21H26N6O3/c1-29-10-11-30-16-4-2-15(3-5-16)26-21(28)17-12-18(14-6-8-23-9-7-14)27-19(17)20(22)24-13-25-27/h6-9,12-13,15-16H,2-5,10-11H2,1H3,(H,26,28)(H2,22,24,25)/t15-,16-. The molecule has 3 aromatic rings. The van der Waals surface area contributed by atoms with Gasteiger partial charge in [-0.15, -0.1) is 0 Å². The smallest absolute Gasteiger partial charge is 0.253 e. The summed E-state index contributed by atoms with van der Waals surface area (Å²) in [5.74, 6) is 0.101. The minimum absolute atomic E-state index is 0.102. The fraction of sp³-hybridized carbons (Fsp3) is 0.429. The van der Waals surface area contributed by atoms with E-state index in [1.54, 1.807) is 24.0 Å². The zero-order valence-electron chi connectivity index (χ0n) is 17.0. The van der Waals surface area contributed by atoms with Crippen molar-refractivity contribution in [2.45, 2.75) is 37.8 Å². The molecule has 1 aliphatic rings. The molecule has 0 spiro atoms. The van der Waals surface area contributed by atoms with Gasteiger partial charge in [-0.05, 0) is 43.9 Å². The first kappa shape index (κ1) is 20.2. The van der Waals surface area contributed by atoms with Gasteiger partial charge < -0.3 is 20.5 Å². The fourth-order valence-electron chi connectivity index (χ4n) is 3.90. The van der Waals surface area contributed by atoms with Crippen LogP contribution in [-0.2, 0) is 9.47 Å². The second-order valence-corrected chi connectivity index (χ2v) is 7.40. The molecule has 1 fully saturated rings. The molecule has 158 valence electrons. The van der Waals surface area contributed by atoms with Gasteiger partial charge in [0.25, 0.3) is 5.91 Å². The van der Waals surface area contributed by atoms with E-state index in [1.165, 1.54) is 6.33 Å². The topological polar surface area (TPSA) is 117 Å². The summed E-state index contributed by atoms with van der Waals surface area (Å²) in [4.78, 5) is 21.3. The van der Waals surface area contributed by atoms with Crippen LogP contribution in [0, 0.1) is 0 Å². The number of anilines is 1. The minimum atomic E-state index is -0.168. The molecule has 0 saturated heterocycles. The second kappa shape index (κ2) is 9.19. The molecular formula is C21H26N6O3. The van der Waals surface area contributed by atoms with E-state index < -0.39 is 0 Å². The number of methoxy groups -OCH3 is 1. The molecule has 30 heavy (non-hydrogen) atoms. The Hall–Kier alpha value is -3.04. The van der Waals surface area contributed by atoms with E-state index in [-0.39, 0.29) is 23.9 Å². The Balaban J connectivity index is 1.50. The molecule has 3 heterocycles. The Bertz CT molecular complexity index is 999. The number of aromatic nitrogens is 4. The van der Waals surface area contributed by atoms with E-state index in [4.69, 9.17) is 15.2 Å². The van der Waals surface area contributed by atoms with Crippen LogP contribution in [-0.4, -0.2) is 58.0 Å². The van der Waals surface area contributed by atoms with Crippen molar-refractivity contribution in [3.05, 3.63) is 42.5 Å². The molecule has 9 heteroatoms. The number of amides is 1. The first-order valence-corrected chi connectivity index (χ1v) is 10.1. The largest absolute Gasteiger partial charge is 0.382 e. The number of ether oxygens (including phenoxy) is 2. The number of nitrogens with zero attached hydrogens (tertiary/aromatic N) is 4. The first-order valence-electron chi connectivity index (χ1n) is 10.1. The van der Waals surface area contributed by atoms with Gasteiger partial charge in [0.2, 0.25) is 0 Å². The van der Waals surface area contributed by atoms with Gasteiger partial charge in [-0.1, -0.05) is 0 Å². The zero-order chi connectivity index (χ0) is 20.9. The average Bonchev–Trinajstić information content (AvgIpc) is 3.17. The Labute approximate surface area is 174 Å². The van der Waals surface area contributed by atoms with Crippen LogP contribution in [0.3, 0.4) is 0 Å². The molecule has 3 N–H and O–H groups in total. The third-order valence-corrected chi connectivity index (χ3v) is 5.45. The van der Waals surface area contributed by atoms with Gasteiger partial charge >= 0.3 is 0 Å². The van der Waals surface area contributed by atoms with Crippen molar-refractivity contribution in [2.75, 3.05) is 26.1 Å². The van der Waals surface area contributed by atoms with Gasteiger partial charge in [0.05, 0.1) is 30.6 Å². The summed E-state index contributed by atoms with van der Waals surface area (Å²) in [6.45, 7) is 1.20. The van der Waals surface area contributed by atoms with Gasteiger partial charge in [0, 0.05) is 31.1 Å². The average molecular weight is 410 g/mol. The number of carbonyl (C=O) groups is 1. The van der Waals surface area contributed by atoms with Crippen LogP contribution in [0.5, 0.6) is 0 Å². The summed E-state index contributed by atoms with van der Waals surface area (Å²) in [6.07, 6.45) is 8.59. The molecule has 1 saturated carbocycles. The lowest BCUT2D eigenvalue weighted by molar-refractivity contribution is -0.00408. The molecule has 3 aromatic heterocycles. The highest BCUT2D eigenvalue weighted by molar-refractivity contribution is 6.05. The van der Waals surface area contributed by atoms with Gasteiger partial charge in [-0.2, -0.15) is 5.10 Å². The van der Waals surface area contributed by atoms with Crippen LogP contribution in [0.15, 0.2) is 36.9 Å². The molecule has 9 nitrogen and oxygen atoms in total. The number of hydrogen-bond acceptors (Lipinski definition) is 7. The van der Waals surface area contributed by atoms with E-state index in [0.717, 1.165) is 36.9 Å². The predicted molar refractivity (Wildman–Crippen MR) is 112 cm³/mol. The van der Waals surface area contributed by atoms with Crippen molar-refractivity contribution in [3.8, 4) is 11.3 Å². The second-order valence-electron chi connectivity index (χ2n) is 7.40. The normalized spacial score (nSPS) is 19.1. The van der Waals surface area contributed by atoms with Crippen LogP contribution in [0.25, 0.3) is 16.8 Å². The number of carbonyl (C=O) groups excluding carboxylic acids is 1. The summed E-state index contributed by atoms with van der Waals surface area (Å²) < 4.78 is 12.5. The van der Waals surface area contributed by atoms with Crippen LogP contribution >= 0.6 is 0 Å². The predicted octanol–water partition coefficient (Wildman–Crippen LogP) is 2.08. The zero-order valence-corrected chi connectivity index (χ0v) is 17.0. The lowest BCUT2D eigenvalue weighted by Gasteiger charge is -2.29. The number of nitrogens with two attached hydrogens (primary N) is 1. The third kappa shape index (κ3) is 4.27. The molecule has 0 bridgehead atoms. The highest BCUT2D eigenvalue weighted by Crippen LogP contribution is 2.28. The van der Waals surface area contributed by atoms with Crippen molar-refractivity contribution >= 4 is 17.2 Å². The van der Waals surface area contributed by atoms with Crippen LogP contribution < -0.4 is 11.1 Å². The number of pyridine rings is 1. The van der Waals surface area contributed by atoms with Gasteiger partial charge in [0.15, 0.2) is 5.82 Å². The van der Waals surface area contributed by atoms with Crippen molar-refractivity contribution in [2.24, 2.45) is 0 Å². The van der Waals surface area contributed by atoms with Crippen molar-refractivity contribution in [3.63, 3.8) is 0 Å². The Kier molecular flexibility index (Phi) is 6.20. The molecular weight excluding hydrogens is 384 g/mol. The first-order chi connectivity index (χ1) is 14.7. The number of rotatable bonds is 7. The Morgan fingerprint density at radius 1 is 1.23 bits per heavy atom. The number of fused-ring (bicyclic) bond motifs is 1. The SMILES string of the molecule is COCCO[C@H]1CC[C@H](NC(=O)c2cc(-c3ccncc3)n3ncnc(N)c23)CC1. The van der Waals surface area contributed by atoms with E-state index >= 15 is 0 Å². The molecule has 4 rings (SSSR count). The van der Waals surface area contributed by atoms with E-state index in [9.17, 15) is 4.79 Å². The molecule has 1 aliphatic carbocycles. The summed E-state index contributed by atoms with van der Waals surface area (Å²) in [7, 11) is 1.67. The molecule has 1 amide bonds. The minimum Gasteiger partial charge on any atom is -0.382 e. The van der Waals surface area contributed by atoms with Crippen molar-refractivity contribution < 1.29 is 14.3 Å². The number of nitrogens with one attached hydrogen (secondary N) is 1. The molecule has 0 atom stereocenters. The van der Waals surface area contributed by atoms with Crippen LogP contribution in [0.2, 0.25) is 0 Å². The third-order valence-electron chi connectivity index (χ3n) is 5.45. The lowest BCUT2D eigenvalue weighted by atomic mass is 9.92. The molecule has 0 unspecified atom stereocenters. The van der Waals surface area contributed by atoms with E-state index in [2.05, 4.69) is 20.4 Å². The maximum Gasteiger partial charge on any atom is 0.253 e. The lowest BCUT2D eigenvalue weighted by Crippen LogP contribution is -2.39. The highest BCUT2D eigenvalue weighted by atomic mass is 16.5. The summed E-state index contributed by atoms with van der Waals surface area (Å²) in [5.41, 5.74) is 8.75. The quantitative estimate of drug-likeness (QED) is 0.573. The maximum absolute atomic E-state index is 13.1. The summed E-state index contributed by atoms with van der Waals surface area (Å²) in [6, 6.07) is 5.65. The van der Waals surface area contributed by atoms with Gasteiger partial charge in [0.1, 0.15) is 11.8 Å². The van der Waals surface area contributed by atoms with E-state index in [0.29, 0.717) is 24.3 Å². The monoisotopic (exact) mass is 410 g/mol. The van der Waals surface area contributed by atoms with Crippen molar-refractivity contribution in [1.29, 1.82) is 0 Å². The Morgan fingerprint density at radius 3 is 2.73 bits per heavy atom. The van der Waals surface area contributed by atoms with Crippen LogP contribution in [0.1, 0.15) is 36.0 Å². The van der Waals surface area contributed by atoms with Crippen molar-refractivity contribution in [1.82, 2.24) is 24.9 Å². The number of nitrogen functional groups attached to an aromatic ring is 1. The number of hydrogen-bond donors (Lipinski definition) is 2. The Morgan fingerprint density at radius 2 is 2.00 bits per heavy atom. The molecule has 0 aliphatic heterocycles. The summed E-state index contributed by atoms with van der Waals surface area (Å²) >= 11 is 0. The molecule has 0 aromatic carbocycles. The van der Waals surface area contributed by atoms with Gasteiger partial charge in [-0.3, -0.25) is 9.78 Å². The van der Waals surface area contributed by atoms with E-state index in [1.807, 2.05) is 18.2 Å². The highest BCUT2D eigenvalue weighted by Gasteiger charge is 2.26. The van der Waals surface area contributed by atoms with Crippen LogP contribution in [0.4, 0.5) is 5.82 Å².